The Morgan fingerprint density at radius 3 is 2.38 bits per heavy atom. The van der Waals surface area contributed by atoms with Crippen LogP contribution in [0.5, 0.6) is 11.5 Å². The Kier molecular flexibility index (Phi) is 5.97. The number of halogens is 3. The lowest BCUT2D eigenvalue weighted by Crippen LogP contribution is -2.01. The zero-order chi connectivity index (χ0) is 15.4. The lowest BCUT2D eigenvalue weighted by Gasteiger charge is -2.16. The lowest BCUT2D eigenvalue weighted by molar-refractivity contribution is 0.396. The Balaban J connectivity index is 2.31. The molecular weight excluding hydrogens is 419 g/mol. The van der Waals surface area contributed by atoms with Gasteiger partial charge < -0.3 is 9.47 Å². The number of hydrogen-bond donors (Lipinski definition) is 0. The van der Waals surface area contributed by atoms with Gasteiger partial charge in [-0.2, -0.15) is 0 Å². The van der Waals surface area contributed by atoms with E-state index in [2.05, 4.69) is 44.0 Å². The summed E-state index contributed by atoms with van der Waals surface area (Å²) >= 11 is 13.5. The van der Waals surface area contributed by atoms with Crippen LogP contribution in [0.1, 0.15) is 16.5 Å². The third-order valence-electron chi connectivity index (χ3n) is 3.15. The molecule has 0 aliphatic rings. The first kappa shape index (κ1) is 16.7. The fourth-order valence-corrected chi connectivity index (χ4v) is 3.39. The Morgan fingerprint density at radius 2 is 1.76 bits per heavy atom. The van der Waals surface area contributed by atoms with E-state index in [0.717, 1.165) is 31.6 Å². The molecule has 0 amide bonds. The Labute approximate surface area is 146 Å². The van der Waals surface area contributed by atoms with E-state index in [1.807, 2.05) is 24.3 Å². The number of hydrogen-bond acceptors (Lipinski definition) is 2. The van der Waals surface area contributed by atoms with Crippen molar-refractivity contribution in [3.05, 3.63) is 56.5 Å². The van der Waals surface area contributed by atoms with E-state index in [9.17, 15) is 0 Å². The summed E-state index contributed by atoms with van der Waals surface area (Å²) < 4.78 is 12.7. The topological polar surface area (TPSA) is 18.5 Å². The van der Waals surface area contributed by atoms with Crippen molar-refractivity contribution < 1.29 is 9.47 Å². The van der Waals surface area contributed by atoms with Crippen LogP contribution in [0.4, 0.5) is 0 Å². The van der Waals surface area contributed by atoms with Gasteiger partial charge in [0.25, 0.3) is 0 Å². The molecule has 0 saturated heterocycles. The number of methoxy groups -OCH3 is 2. The quantitative estimate of drug-likeness (QED) is 0.558. The van der Waals surface area contributed by atoms with Crippen molar-refractivity contribution in [1.29, 1.82) is 0 Å². The second-order valence-corrected chi connectivity index (χ2v) is 6.83. The average Bonchev–Trinajstić information content (AvgIpc) is 2.46. The highest BCUT2D eigenvalue weighted by Crippen LogP contribution is 2.39. The summed E-state index contributed by atoms with van der Waals surface area (Å²) in [6, 6.07) is 11.9. The van der Waals surface area contributed by atoms with E-state index in [-0.39, 0.29) is 5.38 Å². The third-order valence-corrected chi connectivity index (χ3v) is 4.65. The van der Waals surface area contributed by atoms with Crippen molar-refractivity contribution in [2.45, 2.75) is 11.8 Å². The number of rotatable bonds is 5. The van der Waals surface area contributed by atoms with Gasteiger partial charge >= 0.3 is 0 Å². The first-order valence-corrected chi connectivity index (χ1v) is 8.37. The third kappa shape index (κ3) is 4.15. The van der Waals surface area contributed by atoms with Gasteiger partial charge in [-0.15, -0.1) is 11.6 Å². The minimum absolute atomic E-state index is 0.198. The summed E-state index contributed by atoms with van der Waals surface area (Å²) in [4.78, 5) is 0. The van der Waals surface area contributed by atoms with Crippen LogP contribution in [-0.2, 0) is 6.42 Å². The smallest absolute Gasteiger partial charge is 0.133 e. The van der Waals surface area contributed by atoms with E-state index in [1.54, 1.807) is 14.2 Å². The van der Waals surface area contributed by atoms with Gasteiger partial charge in [-0.3, -0.25) is 0 Å². The SMILES string of the molecule is COc1cc(C(Cl)Cc2cccc(Br)c2)c(OC)cc1Br. The molecular formula is C16H15Br2ClO2. The van der Waals surface area contributed by atoms with E-state index in [1.165, 1.54) is 0 Å². The van der Waals surface area contributed by atoms with Crippen LogP contribution >= 0.6 is 43.5 Å². The van der Waals surface area contributed by atoms with Crippen LogP contribution in [0, 0.1) is 0 Å². The van der Waals surface area contributed by atoms with Crippen LogP contribution in [0.15, 0.2) is 45.3 Å². The molecule has 0 heterocycles. The van der Waals surface area contributed by atoms with Crippen molar-refractivity contribution in [2.75, 3.05) is 14.2 Å². The molecule has 0 spiro atoms. The van der Waals surface area contributed by atoms with Crippen LogP contribution in [0.25, 0.3) is 0 Å². The summed E-state index contributed by atoms with van der Waals surface area (Å²) in [7, 11) is 3.27. The van der Waals surface area contributed by atoms with E-state index in [0.29, 0.717) is 6.42 Å². The van der Waals surface area contributed by atoms with E-state index >= 15 is 0 Å². The summed E-state index contributed by atoms with van der Waals surface area (Å²) in [5.74, 6) is 1.49. The maximum absolute atomic E-state index is 6.59. The van der Waals surface area contributed by atoms with Gasteiger partial charge in [0.05, 0.1) is 24.1 Å². The van der Waals surface area contributed by atoms with Gasteiger partial charge in [-0.05, 0) is 52.2 Å². The van der Waals surface area contributed by atoms with Gasteiger partial charge in [0, 0.05) is 10.0 Å². The van der Waals surface area contributed by atoms with Crippen molar-refractivity contribution in [1.82, 2.24) is 0 Å². The molecule has 0 aliphatic carbocycles. The molecule has 0 bridgehead atoms. The van der Waals surface area contributed by atoms with Gasteiger partial charge in [0.15, 0.2) is 0 Å². The second-order valence-electron chi connectivity index (χ2n) is 4.53. The second kappa shape index (κ2) is 7.52. The molecule has 1 atom stereocenters. The van der Waals surface area contributed by atoms with E-state index in [4.69, 9.17) is 21.1 Å². The molecule has 2 aromatic carbocycles. The Hall–Kier alpha value is -0.710. The number of benzene rings is 2. The van der Waals surface area contributed by atoms with Gasteiger partial charge in [-0.1, -0.05) is 28.1 Å². The molecule has 0 aromatic heterocycles. The summed E-state index contributed by atoms with van der Waals surface area (Å²) in [5.41, 5.74) is 2.08. The molecule has 0 N–H and O–H groups in total. The minimum Gasteiger partial charge on any atom is -0.496 e. The highest BCUT2D eigenvalue weighted by Gasteiger charge is 2.17. The van der Waals surface area contributed by atoms with Crippen molar-refractivity contribution in [3.8, 4) is 11.5 Å². The normalized spacial score (nSPS) is 12.0. The number of alkyl halides is 1. The lowest BCUT2D eigenvalue weighted by atomic mass is 10.0. The molecule has 2 nitrogen and oxygen atoms in total. The predicted molar refractivity (Wildman–Crippen MR) is 93.7 cm³/mol. The summed E-state index contributed by atoms with van der Waals surface area (Å²) in [6.07, 6.45) is 0.710. The average molecular weight is 435 g/mol. The van der Waals surface area contributed by atoms with Gasteiger partial charge in [-0.25, -0.2) is 0 Å². The van der Waals surface area contributed by atoms with Crippen molar-refractivity contribution >= 4 is 43.5 Å². The predicted octanol–water partition coefficient (Wildman–Crippen LogP) is 5.75. The molecule has 1 unspecified atom stereocenters. The van der Waals surface area contributed by atoms with Gasteiger partial charge in [0.1, 0.15) is 11.5 Å². The van der Waals surface area contributed by atoms with Crippen LogP contribution in [-0.4, -0.2) is 14.2 Å². The molecule has 0 radical (unpaired) electrons. The molecule has 2 rings (SSSR count). The first-order valence-electron chi connectivity index (χ1n) is 6.35. The largest absolute Gasteiger partial charge is 0.496 e. The standard InChI is InChI=1S/C16H15Br2ClO2/c1-20-15-9-13(18)16(21-2)8-12(15)14(19)7-10-4-3-5-11(17)6-10/h3-6,8-9,14H,7H2,1-2H3. The highest BCUT2D eigenvalue weighted by atomic mass is 79.9. The fourth-order valence-electron chi connectivity index (χ4n) is 2.11. The Morgan fingerprint density at radius 1 is 1.05 bits per heavy atom. The van der Waals surface area contributed by atoms with Crippen LogP contribution in [0.3, 0.4) is 0 Å². The first-order chi connectivity index (χ1) is 10.0. The molecule has 5 heteroatoms. The molecule has 21 heavy (non-hydrogen) atoms. The molecule has 0 saturated carbocycles. The maximum atomic E-state index is 6.59. The summed E-state index contributed by atoms with van der Waals surface area (Å²) in [6.45, 7) is 0. The van der Waals surface area contributed by atoms with Crippen molar-refractivity contribution in [2.24, 2.45) is 0 Å². The van der Waals surface area contributed by atoms with Gasteiger partial charge in [0.2, 0.25) is 0 Å². The molecule has 112 valence electrons. The van der Waals surface area contributed by atoms with Crippen LogP contribution < -0.4 is 9.47 Å². The zero-order valence-electron chi connectivity index (χ0n) is 11.7. The fraction of sp³-hybridized carbons (Fsp3) is 0.250. The summed E-state index contributed by atoms with van der Waals surface area (Å²) in [5, 5.41) is -0.198. The number of ether oxygens (including phenoxy) is 2. The molecule has 0 fully saturated rings. The zero-order valence-corrected chi connectivity index (χ0v) is 15.6. The van der Waals surface area contributed by atoms with Crippen LogP contribution in [0.2, 0.25) is 0 Å². The maximum Gasteiger partial charge on any atom is 0.133 e. The molecule has 0 aliphatic heterocycles. The Bertz CT molecular complexity index is 632. The molecule has 2 aromatic rings. The minimum atomic E-state index is -0.198. The van der Waals surface area contributed by atoms with Crippen molar-refractivity contribution in [3.63, 3.8) is 0 Å². The highest BCUT2D eigenvalue weighted by molar-refractivity contribution is 9.10. The van der Waals surface area contributed by atoms with E-state index < -0.39 is 0 Å². The monoisotopic (exact) mass is 432 g/mol.